The molecule has 36 heavy (non-hydrogen) atoms. The van der Waals surface area contributed by atoms with E-state index < -0.39 is 0 Å². The van der Waals surface area contributed by atoms with Crippen molar-refractivity contribution in [3.63, 3.8) is 0 Å². The van der Waals surface area contributed by atoms with E-state index in [1.165, 1.54) is 86.0 Å². The Labute approximate surface area is 225 Å². The Morgan fingerprint density at radius 2 is 1.86 bits per heavy atom. The van der Waals surface area contributed by atoms with Crippen LogP contribution in [-0.2, 0) is 0 Å². The van der Waals surface area contributed by atoms with Crippen LogP contribution in [0, 0.1) is 24.2 Å². The highest BCUT2D eigenvalue weighted by atomic mass is 32.1. The van der Waals surface area contributed by atoms with E-state index in [4.69, 9.17) is 6.58 Å². The minimum atomic E-state index is 0.156. The standard InChI is InChI=1S/C32H51N3S/c1-23-18-29(19-26-14-16-28(17-15-26)30-24(2)34-22-36-30)35(21-23)25(3)31(32(4,5)6)33-20-27-12-10-8-7-9-11-13-27/h14,16,22-23,27,29,31,33H,3,7-13,15,17-21H2,1-2,4-6H3. The molecule has 1 aromatic rings. The molecule has 3 nitrogen and oxygen atoms in total. The minimum absolute atomic E-state index is 0.156. The summed E-state index contributed by atoms with van der Waals surface area (Å²) in [5, 5.41) is 4.05. The second-order valence-corrected chi connectivity index (χ2v) is 13.9. The third-order valence-electron chi connectivity index (χ3n) is 8.80. The van der Waals surface area contributed by atoms with Crippen LogP contribution in [0.3, 0.4) is 0 Å². The molecule has 0 bridgehead atoms. The minimum Gasteiger partial charge on any atom is -0.370 e. The number of nitrogens with zero attached hydrogens (tertiary/aromatic N) is 2. The molecular formula is C32H51N3S. The molecule has 2 heterocycles. The van der Waals surface area contributed by atoms with E-state index >= 15 is 0 Å². The molecule has 200 valence electrons. The molecular weight excluding hydrogens is 458 g/mol. The van der Waals surface area contributed by atoms with Crippen LogP contribution in [0.5, 0.6) is 0 Å². The second-order valence-electron chi connectivity index (χ2n) is 13.0. The first-order valence-electron chi connectivity index (χ1n) is 14.7. The van der Waals surface area contributed by atoms with Crippen LogP contribution in [0.1, 0.15) is 109 Å². The molecule has 1 aromatic heterocycles. The zero-order valence-electron chi connectivity index (χ0n) is 23.7. The molecule has 0 aromatic carbocycles. The number of aromatic nitrogens is 1. The van der Waals surface area contributed by atoms with E-state index in [1.807, 2.05) is 5.51 Å². The first-order valence-corrected chi connectivity index (χ1v) is 15.6. The van der Waals surface area contributed by atoms with Gasteiger partial charge < -0.3 is 10.2 Å². The van der Waals surface area contributed by atoms with Gasteiger partial charge in [0.2, 0.25) is 0 Å². The Morgan fingerprint density at radius 3 is 2.47 bits per heavy atom. The van der Waals surface area contributed by atoms with Gasteiger partial charge in [-0.1, -0.05) is 84.1 Å². The van der Waals surface area contributed by atoms with E-state index in [-0.39, 0.29) is 5.41 Å². The highest BCUT2D eigenvalue weighted by molar-refractivity contribution is 7.10. The Morgan fingerprint density at radius 1 is 1.14 bits per heavy atom. The van der Waals surface area contributed by atoms with Crippen molar-refractivity contribution in [2.45, 2.75) is 117 Å². The number of hydrogen-bond acceptors (Lipinski definition) is 4. The molecule has 4 heteroatoms. The number of hydrogen-bond donors (Lipinski definition) is 1. The quantitative estimate of drug-likeness (QED) is 0.380. The van der Waals surface area contributed by atoms with Gasteiger partial charge in [-0.05, 0) is 74.8 Å². The van der Waals surface area contributed by atoms with Gasteiger partial charge in [0.15, 0.2) is 0 Å². The summed E-state index contributed by atoms with van der Waals surface area (Å²) >= 11 is 1.78. The van der Waals surface area contributed by atoms with Gasteiger partial charge in [-0.25, -0.2) is 4.98 Å². The molecule has 3 unspecified atom stereocenters. The highest BCUT2D eigenvalue weighted by Gasteiger charge is 2.37. The van der Waals surface area contributed by atoms with Crippen molar-refractivity contribution in [2.24, 2.45) is 17.3 Å². The fourth-order valence-corrected chi connectivity index (χ4v) is 7.63. The SMILES string of the molecule is C=C(C(NCC1CCCCCCC1)C(C)(C)C)N1CC(C)CC1CC1=CC=C(c2scnc2C)CC1. The lowest BCUT2D eigenvalue weighted by atomic mass is 9.83. The van der Waals surface area contributed by atoms with Gasteiger partial charge in [-0.15, -0.1) is 11.3 Å². The smallest absolute Gasteiger partial charge is 0.0801 e. The largest absolute Gasteiger partial charge is 0.370 e. The van der Waals surface area contributed by atoms with Crippen LogP contribution in [0.4, 0.5) is 0 Å². The Hall–Kier alpha value is -1.39. The molecule has 0 radical (unpaired) electrons. The van der Waals surface area contributed by atoms with Gasteiger partial charge >= 0.3 is 0 Å². The number of aryl methyl sites for hydroxylation is 1. The molecule has 1 aliphatic heterocycles. The average Bonchev–Trinajstić information content (AvgIpc) is 3.39. The maximum atomic E-state index is 4.76. The number of rotatable bonds is 8. The fraction of sp³-hybridized carbons (Fsp3) is 0.719. The molecule has 2 fully saturated rings. The van der Waals surface area contributed by atoms with Crippen LogP contribution in [0.2, 0.25) is 0 Å². The molecule has 0 amide bonds. The topological polar surface area (TPSA) is 28.2 Å². The van der Waals surface area contributed by atoms with Crippen molar-refractivity contribution < 1.29 is 0 Å². The van der Waals surface area contributed by atoms with Crippen LogP contribution in [-0.4, -0.2) is 35.1 Å². The monoisotopic (exact) mass is 509 g/mol. The molecule has 3 aliphatic rings. The van der Waals surface area contributed by atoms with Crippen molar-refractivity contribution in [1.29, 1.82) is 0 Å². The van der Waals surface area contributed by atoms with Gasteiger partial charge in [0.25, 0.3) is 0 Å². The fourth-order valence-electron chi connectivity index (χ4n) is 6.77. The first kappa shape index (κ1) is 27.6. The molecule has 1 N–H and O–H groups in total. The molecule has 1 saturated carbocycles. The van der Waals surface area contributed by atoms with Gasteiger partial charge in [-0.2, -0.15) is 0 Å². The molecule has 3 atom stereocenters. The van der Waals surface area contributed by atoms with Crippen molar-refractivity contribution in [2.75, 3.05) is 13.1 Å². The Balaban J connectivity index is 1.41. The van der Waals surface area contributed by atoms with E-state index in [0.29, 0.717) is 12.1 Å². The van der Waals surface area contributed by atoms with Gasteiger partial charge in [0, 0.05) is 18.3 Å². The van der Waals surface area contributed by atoms with Gasteiger partial charge in [0.1, 0.15) is 0 Å². The molecule has 2 aliphatic carbocycles. The zero-order chi connectivity index (χ0) is 25.7. The van der Waals surface area contributed by atoms with Gasteiger partial charge in [-0.3, -0.25) is 0 Å². The predicted molar refractivity (Wildman–Crippen MR) is 157 cm³/mol. The second kappa shape index (κ2) is 12.4. The third-order valence-corrected chi connectivity index (χ3v) is 9.80. The van der Waals surface area contributed by atoms with Crippen molar-refractivity contribution >= 4 is 16.9 Å². The van der Waals surface area contributed by atoms with Crippen molar-refractivity contribution in [3.05, 3.63) is 46.1 Å². The lowest BCUT2D eigenvalue weighted by molar-refractivity contribution is 0.207. The molecule has 1 saturated heterocycles. The maximum absolute atomic E-state index is 4.76. The number of nitrogens with one attached hydrogen (secondary N) is 1. The van der Waals surface area contributed by atoms with E-state index in [1.54, 1.807) is 16.9 Å². The van der Waals surface area contributed by atoms with Crippen LogP contribution >= 0.6 is 11.3 Å². The lowest BCUT2D eigenvalue weighted by Gasteiger charge is -2.41. The Bertz CT molecular complexity index is 925. The van der Waals surface area contributed by atoms with Gasteiger partial charge in [0.05, 0.1) is 22.1 Å². The van der Waals surface area contributed by atoms with Crippen LogP contribution in [0.25, 0.3) is 5.57 Å². The lowest BCUT2D eigenvalue weighted by Crippen LogP contribution is -2.49. The summed E-state index contributed by atoms with van der Waals surface area (Å²) in [6, 6.07) is 0.906. The zero-order valence-corrected chi connectivity index (χ0v) is 24.6. The summed E-state index contributed by atoms with van der Waals surface area (Å²) in [7, 11) is 0. The van der Waals surface area contributed by atoms with E-state index in [2.05, 4.69) is 62.0 Å². The molecule has 0 spiro atoms. The maximum Gasteiger partial charge on any atom is 0.0801 e. The highest BCUT2D eigenvalue weighted by Crippen LogP contribution is 2.38. The first-order chi connectivity index (χ1) is 17.2. The van der Waals surface area contributed by atoms with E-state index in [9.17, 15) is 0 Å². The number of likely N-dealkylation sites (tertiary alicyclic amines) is 1. The summed E-state index contributed by atoms with van der Waals surface area (Å²) in [5.41, 5.74) is 7.71. The normalized spacial score (nSPS) is 25.2. The van der Waals surface area contributed by atoms with Crippen molar-refractivity contribution in [1.82, 2.24) is 15.2 Å². The summed E-state index contributed by atoms with van der Waals surface area (Å²) < 4.78 is 0. The Kier molecular flexibility index (Phi) is 9.55. The third kappa shape index (κ3) is 7.13. The summed E-state index contributed by atoms with van der Waals surface area (Å²) in [4.78, 5) is 8.52. The summed E-state index contributed by atoms with van der Waals surface area (Å²) in [6.07, 6.45) is 19.5. The number of thiazole rings is 1. The predicted octanol–water partition coefficient (Wildman–Crippen LogP) is 8.53. The number of allylic oxidation sites excluding steroid dienone is 3. The summed E-state index contributed by atoms with van der Waals surface area (Å²) in [5.74, 6) is 1.56. The molecule has 4 rings (SSSR count). The van der Waals surface area contributed by atoms with Crippen LogP contribution < -0.4 is 5.32 Å². The average molecular weight is 510 g/mol. The summed E-state index contributed by atoms with van der Waals surface area (Å²) in [6.45, 7) is 18.8. The van der Waals surface area contributed by atoms with Crippen molar-refractivity contribution in [3.8, 4) is 0 Å². The van der Waals surface area contributed by atoms with E-state index in [0.717, 1.165) is 31.3 Å². The van der Waals surface area contributed by atoms with Crippen LogP contribution in [0.15, 0.2) is 35.5 Å².